The second kappa shape index (κ2) is 5.99. The Bertz CT molecular complexity index is 883. The third kappa shape index (κ3) is 2.36. The molecule has 1 aromatic carbocycles. The van der Waals surface area contributed by atoms with Crippen molar-refractivity contribution in [3.05, 3.63) is 52.8 Å². The highest BCUT2D eigenvalue weighted by Gasteiger charge is 2.54. The third-order valence-electron chi connectivity index (χ3n) is 5.38. The van der Waals surface area contributed by atoms with E-state index in [4.69, 9.17) is 10.5 Å². The lowest BCUT2D eigenvalue weighted by atomic mass is 9.78. The summed E-state index contributed by atoms with van der Waals surface area (Å²) in [6, 6.07) is 9.25. The number of methoxy groups -OCH3 is 1. The number of aromatic nitrogens is 1. The zero-order valence-corrected chi connectivity index (χ0v) is 15.5. The van der Waals surface area contributed by atoms with E-state index in [0.717, 1.165) is 5.56 Å². The predicted molar refractivity (Wildman–Crippen MR) is 97.2 cm³/mol. The Labute approximate surface area is 152 Å². The van der Waals surface area contributed by atoms with Crippen LogP contribution >= 0.6 is 0 Å². The topological polar surface area (TPSA) is 94.6 Å². The van der Waals surface area contributed by atoms with Gasteiger partial charge in [-0.25, -0.2) is 4.79 Å². The Morgan fingerprint density at radius 2 is 1.81 bits per heavy atom. The second-order valence-electron chi connectivity index (χ2n) is 7.62. The lowest BCUT2D eigenvalue weighted by Crippen LogP contribution is -2.39. The number of carbonyl (C=O) groups excluding carboxylic acids is 2. The molecule has 3 rings (SSSR count). The van der Waals surface area contributed by atoms with Gasteiger partial charge in [0.2, 0.25) is 5.91 Å². The minimum Gasteiger partial charge on any atom is -0.464 e. The maximum atomic E-state index is 12.7. The molecule has 1 amide bonds. The monoisotopic (exact) mass is 356 g/mol. The van der Waals surface area contributed by atoms with Crippen LogP contribution in [-0.2, 0) is 27.0 Å². The molecule has 0 spiro atoms. The molecule has 0 saturated carbocycles. The molecule has 0 saturated heterocycles. The van der Waals surface area contributed by atoms with Crippen LogP contribution in [0.4, 0.5) is 0 Å². The summed E-state index contributed by atoms with van der Waals surface area (Å²) >= 11 is 0. The van der Waals surface area contributed by atoms with Gasteiger partial charge in [-0.1, -0.05) is 32.0 Å². The molecule has 1 aromatic heterocycles. The molecule has 0 aliphatic heterocycles. The number of amides is 1. The molecule has 1 unspecified atom stereocenters. The van der Waals surface area contributed by atoms with Gasteiger partial charge in [-0.3, -0.25) is 4.79 Å². The Balaban J connectivity index is 2.50. The molecule has 0 radical (unpaired) electrons. The van der Waals surface area contributed by atoms with Crippen molar-refractivity contribution in [1.29, 1.82) is 0 Å². The first-order chi connectivity index (χ1) is 12.2. The van der Waals surface area contributed by atoms with Crippen molar-refractivity contribution in [3.63, 3.8) is 0 Å². The van der Waals surface area contributed by atoms with Crippen LogP contribution in [-0.4, -0.2) is 28.7 Å². The van der Waals surface area contributed by atoms with Gasteiger partial charge in [0.05, 0.1) is 24.8 Å². The van der Waals surface area contributed by atoms with E-state index >= 15 is 0 Å². The first kappa shape index (κ1) is 18.2. The van der Waals surface area contributed by atoms with E-state index in [1.54, 1.807) is 11.5 Å². The minimum atomic E-state index is -1.02. The van der Waals surface area contributed by atoms with E-state index < -0.39 is 22.7 Å². The summed E-state index contributed by atoms with van der Waals surface area (Å²) < 4.78 is 6.72. The fourth-order valence-corrected chi connectivity index (χ4v) is 4.46. The van der Waals surface area contributed by atoms with Crippen molar-refractivity contribution in [2.75, 3.05) is 7.11 Å². The number of para-hydroxylation sites is 1. The van der Waals surface area contributed by atoms with E-state index in [1.807, 2.05) is 44.2 Å². The number of aliphatic hydroxyl groups is 1. The fourth-order valence-electron chi connectivity index (χ4n) is 4.46. The van der Waals surface area contributed by atoms with Crippen LogP contribution in [0.1, 0.15) is 54.5 Å². The van der Waals surface area contributed by atoms with Crippen molar-refractivity contribution in [3.8, 4) is 5.69 Å². The van der Waals surface area contributed by atoms with Gasteiger partial charge in [0.15, 0.2) is 0 Å². The standard InChI is InChI=1S/C20H24N2O4/c1-19(2)11-20(3,18(21)25)15-14(19)13(10-23)22(16(15)17(24)26-4)12-8-6-5-7-9-12/h5-9,23H,10-11H2,1-4H3,(H2,21,25). The predicted octanol–water partition coefficient (Wildman–Crippen LogP) is 2.18. The fraction of sp³-hybridized carbons (Fsp3) is 0.400. The molecular weight excluding hydrogens is 332 g/mol. The van der Waals surface area contributed by atoms with Crippen molar-refractivity contribution in [1.82, 2.24) is 4.57 Å². The number of aliphatic hydroxyl groups excluding tert-OH is 1. The summed E-state index contributed by atoms with van der Waals surface area (Å²) in [6.07, 6.45) is 0.465. The maximum Gasteiger partial charge on any atom is 0.355 e. The normalized spacial score (nSPS) is 20.7. The van der Waals surface area contributed by atoms with Crippen LogP contribution < -0.4 is 5.73 Å². The number of nitrogens with two attached hydrogens (primary N) is 1. The zero-order chi connectivity index (χ0) is 19.3. The Morgan fingerprint density at radius 3 is 2.31 bits per heavy atom. The number of nitrogens with zero attached hydrogens (tertiary/aromatic N) is 1. The number of primary amides is 1. The van der Waals surface area contributed by atoms with Crippen LogP contribution in [0.3, 0.4) is 0 Å². The first-order valence-electron chi connectivity index (χ1n) is 8.52. The van der Waals surface area contributed by atoms with Crippen molar-refractivity contribution >= 4 is 11.9 Å². The molecule has 0 fully saturated rings. The molecule has 1 atom stereocenters. The van der Waals surface area contributed by atoms with Gasteiger partial charge in [-0.05, 0) is 36.5 Å². The number of hydrogen-bond donors (Lipinski definition) is 2. The van der Waals surface area contributed by atoms with Crippen LogP contribution in [0, 0.1) is 0 Å². The van der Waals surface area contributed by atoms with Gasteiger partial charge in [0, 0.05) is 11.3 Å². The maximum absolute atomic E-state index is 12.7. The van der Waals surface area contributed by atoms with Gasteiger partial charge >= 0.3 is 5.97 Å². The second-order valence-corrected chi connectivity index (χ2v) is 7.62. The molecule has 2 aromatic rings. The Hall–Kier alpha value is -2.60. The highest BCUT2D eigenvalue weighted by molar-refractivity contribution is 5.98. The zero-order valence-electron chi connectivity index (χ0n) is 15.5. The van der Waals surface area contributed by atoms with Crippen LogP contribution in [0.15, 0.2) is 30.3 Å². The lowest BCUT2D eigenvalue weighted by Gasteiger charge is -2.27. The van der Waals surface area contributed by atoms with Gasteiger partial charge in [0.1, 0.15) is 5.69 Å². The number of hydrogen-bond acceptors (Lipinski definition) is 4. The summed E-state index contributed by atoms with van der Waals surface area (Å²) in [5, 5.41) is 10.2. The van der Waals surface area contributed by atoms with Gasteiger partial charge in [0.25, 0.3) is 0 Å². The summed E-state index contributed by atoms with van der Waals surface area (Å²) in [7, 11) is 1.30. The molecule has 138 valence electrons. The Morgan fingerprint density at radius 1 is 1.19 bits per heavy atom. The lowest BCUT2D eigenvalue weighted by molar-refractivity contribution is -0.123. The van der Waals surface area contributed by atoms with E-state index in [-0.39, 0.29) is 12.3 Å². The summed E-state index contributed by atoms with van der Waals surface area (Å²) in [4.78, 5) is 25.1. The molecule has 1 heterocycles. The van der Waals surface area contributed by atoms with Gasteiger partial charge in [-0.15, -0.1) is 0 Å². The smallest absolute Gasteiger partial charge is 0.355 e. The van der Waals surface area contributed by atoms with Crippen LogP contribution in [0.2, 0.25) is 0 Å². The van der Waals surface area contributed by atoms with Crippen molar-refractivity contribution in [2.45, 2.75) is 44.6 Å². The first-order valence-corrected chi connectivity index (χ1v) is 8.52. The molecule has 1 aliphatic rings. The molecule has 0 bridgehead atoms. The molecule has 1 aliphatic carbocycles. The van der Waals surface area contributed by atoms with Gasteiger partial charge < -0.3 is 20.1 Å². The number of ether oxygens (including phenoxy) is 1. The quantitative estimate of drug-likeness (QED) is 0.821. The molecule has 6 heteroatoms. The summed E-state index contributed by atoms with van der Waals surface area (Å²) in [5.41, 5.74) is 7.22. The molecule has 6 nitrogen and oxygen atoms in total. The van der Waals surface area contributed by atoms with Crippen LogP contribution in [0.25, 0.3) is 5.69 Å². The largest absolute Gasteiger partial charge is 0.464 e. The summed E-state index contributed by atoms with van der Waals surface area (Å²) in [5.74, 6) is -1.06. The van der Waals surface area contributed by atoms with Crippen molar-refractivity contribution < 1.29 is 19.4 Å². The molecule has 26 heavy (non-hydrogen) atoms. The van der Waals surface area contributed by atoms with E-state index in [9.17, 15) is 14.7 Å². The number of benzene rings is 1. The average molecular weight is 356 g/mol. The number of rotatable bonds is 4. The third-order valence-corrected chi connectivity index (χ3v) is 5.38. The number of fused-ring (bicyclic) bond motifs is 1. The van der Waals surface area contributed by atoms with Crippen LogP contribution in [0.5, 0.6) is 0 Å². The Kier molecular flexibility index (Phi) is 4.19. The highest BCUT2D eigenvalue weighted by atomic mass is 16.5. The highest BCUT2D eigenvalue weighted by Crippen LogP contribution is 2.54. The molecular formula is C20H24N2O4. The molecule has 3 N–H and O–H groups in total. The van der Waals surface area contributed by atoms with E-state index in [2.05, 4.69) is 0 Å². The summed E-state index contributed by atoms with van der Waals surface area (Å²) in [6.45, 7) is 5.48. The SMILES string of the molecule is COC(=O)c1c2c(c(CO)n1-c1ccccc1)C(C)(C)CC2(C)C(N)=O. The minimum absolute atomic E-state index is 0.254. The van der Waals surface area contributed by atoms with Gasteiger partial charge in [-0.2, -0.15) is 0 Å². The average Bonchev–Trinajstić information content (AvgIpc) is 3.07. The number of carbonyl (C=O) groups is 2. The van der Waals surface area contributed by atoms with E-state index in [1.165, 1.54) is 7.11 Å². The number of esters is 1. The van der Waals surface area contributed by atoms with Crippen molar-refractivity contribution in [2.24, 2.45) is 5.73 Å². The van der Waals surface area contributed by atoms with E-state index in [0.29, 0.717) is 23.4 Å².